The summed E-state index contributed by atoms with van der Waals surface area (Å²) in [4.78, 5) is 19.7. The van der Waals surface area contributed by atoms with E-state index in [1.165, 1.54) is 11.3 Å². The Balaban J connectivity index is 1.69. The van der Waals surface area contributed by atoms with E-state index in [9.17, 15) is 4.79 Å². The molecule has 0 unspecified atom stereocenters. The van der Waals surface area contributed by atoms with Gasteiger partial charge in [-0.1, -0.05) is 139 Å². The van der Waals surface area contributed by atoms with Gasteiger partial charge in [-0.2, -0.15) is 4.98 Å². The Kier molecular flexibility index (Phi) is 7.29. The highest BCUT2D eigenvalue weighted by Crippen LogP contribution is 2.49. The Bertz CT molecular complexity index is 2110. The predicted molar refractivity (Wildman–Crippen MR) is 183 cm³/mol. The van der Waals surface area contributed by atoms with Crippen molar-refractivity contribution in [2.24, 2.45) is 4.74 Å². The zero-order chi connectivity index (χ0) is 29.2. The monoisotopic (exact) mass is 612 g/mol. The van der Waals surface area contributed by atoms with Crippen molar-refractivity contribution in [1.82, 2.24) is 14.1 Å². The molecule has 0 N–H and O–H groups in total. The molecule has 0 bridgehead atoms. The SMILES string of the molecule is O=c1c2sc(=S)n(-c3ccccc3)c2nc(N=P(c2ccccc2)(c2ccccc2)c2ccccc2)n1-c1ccccc1. The van der Waals surface area contributed by atoms with Crippen LogP contribution in [0.4, 0.5) is 5.95 Å². The highest BCUT2D eigenvalue weighted by Gasteiger charge is 2.29. The number of hydrogen-bond acceptors (Lipinski definition) is 5. The van der Waals surface area contributed by atoms with E-state index in [-0.39, 0.29) is 5.56 Å². The third-order valence-electron chi connectivity index (χ3n) is 7.25. The fourth-order valence-electron chi connectivity index (χ4n) is 5.31. The van der Waals surface area contributed by atoms with Crippen LogP contribution >= 0.6 is 30.6 Å². The van der Waals surface area contributed by atoms with Gasteiger partial charge in [0.1, 0.15) is 4.70 Å². The molecule has 43 heavy (non-hydrogen) atoms. The van der Waals surface area contributed by atoms with Crippen LogP contribution in [0, 0.1) is 3.95 Å². The maximum Gasteiger partial charge on any atom is 0.279 e. The van der Waals surface area contributed by atoms with Gasteiger partial charge >= 0.3 is 0 Å². The standard InChI is InChI=1S/C35H25N4OPS2/c40-33-31-32(38(35(42)43-31)26-16-6-1-7-17-26)36-34(39(33)27-18-8-2-9-19-27)37-41(28-20-10-3-11-21-28,29-22-12-4-13-23-29)30-24-14-5-15-25-30/h1-25H. The van der Waals surface area contributed by atoms with E-state index >= 15 is 0 Å². The van der Waals surface area contributed by atoms with Gasteiger partial charge in [-0.3, -0.25) is 9.36 Å². The first-order valence-electron chi connectivity index (χ1n) is 13.8. The van der Waals surface area contributed by atoms with E-state index in [4.69, 9.17) is 21.9 Å². The molecule has 0 aliphatic carbocycles. The van der Waals surface area contributed by atoms with E-state index in [0.29, 0.717) is 25.9 Å². The highest BCUT2D eigenvalue weighted by atomic mass is 32.1. The summed E-state index contributed by atoms with van der Waals surface area (Å²) in [6.45, 7) is 0. The number of aromatic nitrogens is 3. The fraction of sp³-hybridized carbons (Fsp3) is 0. The minimum Gasteiger partial charge on any atom is -0.275 e. The van der Waals surface area contributed by atoms with Crippen molar-refractivity contribution in [2.75, 3.05) is 0 Å². The number of thiazole rings is 1. The summed E-state index contributed by atoms with van der Waals surface area (Å²) in [5.74, 6) is 0.325. The summed E-state index contributed by atoms with van der Waals surface area (Å²) in [7, 11) is -2.73. The molecule has 0 saturated carbocycles. The largest absolute Gasteiger partial charge is 0.279 e. The third-order valence-corrected chi connectivity index (χ3v) is 12.2. The molecule has 0 radical (unpaired) electrons. The highest BCUT2D eigenvalue weighted by molar-refractivity contribution is 7.87. The van der Waals surface area contributed by atoms with Crippen molar-refractivity contribution < 1.29 is 0 Å². The van der Waals surface area contributed by atoms with Gasteiger partial charge in [0.05, 0.1) is 12.7 Å². The zero-order valence-electron chi connectivity index (χ0n) is 22.9. The van der Waals surface area contributed by atoms with Crippen LogP contribution in [0.5, 0.6) is 0 Å². The van der Waals surface area contributed by atoms with Gasteiger partial charge < -0.3 is 0 Å². The second-order valence-corrected chi connectivity index (χ2v) is 14.5. The molecule has 5 nitrogen and oxygen atoms in total. The van der Waals surface area contributed by atoms with Gasteiger partial charge in [0.15, 0.2) is 9.60 Å². The molecule has 0 amide bonds. The lowest BCUT2D eigenvalue weighted by molar-refractivity contribution is 0.948. The number of hydrogen-bond donors (Lipinski definition) is 0. The Morgan fingerprint density at radius 3 is 1.42 bits per heavy atom. The average molecular weight is 613 g/mol. The second-order valence-electron chi connectivity index (χ2n) is 9.82. The number of fused-ring (bicyclic) bond motifs is 1. The minimum absolute atomic E-state index is 0.201. The van der Waals surface area contributed by atoms with Crippen LogP contribution in [-0.2, 0) is 0 Å². The van der Waals surface area contributed by atoms with Crippen molar-refractivity contribution in [3.8, 4) is 11.4 Å². The lowest BCUT2D eigenvalue weighted by Gasteiger charge is -2.27. The molecule has 7 rings (SSSR count). The normalized spacial score (nSPS) is 11.4. The van der Waals surface area contributed by atoms with Crippen LogP contribution in [0.1, 0.15) is 0 Å². The first-order valence-corrected chi connectivity index (χ1v) is 16.7. The molecular formula is C35H25N4OPS2. The Morgan fingerprint density at radius 2 is 0.977 bits per heavy atom. The predicted octanol–water partition coefficient (Wildman–Crippen LogP) is 7.78. The summed E-state index contributed by atoms with van der Waals surface area (Å²) < 4.78 is 10.2. The quantitative estimate of drug-likeness (QED) is 0.142. The van der Waals surface area contributed by atoms with Crippen LogP contribution < -0.4 is 21.5 Å². The number of benzene rings is 5. The smallest absolute Gasteiger partial charge is 0.275 e. The van der Waals surface area contributed by atoms with E-state index in [1.807, 2.05) is 120 Å². The van der Waals surface area contributed by atoms with Gasteiger partial charge in [0.25, 0.3) is 5.56 Å². The Hall–Kier alpha value is -4.68. The van der Waals surface area contributed by atoms with Crippen molar-refractivity contribution in [2.45, 2.75) is 0 Å². The maximum absolute atomic E-state index is 14.5. The lowest BCUT2D eigenvalue weighted by Crippen LogP contribution is -2.26. The van der Waals surface area contributed by atoms with Crippen molar-refractivity contribution in [3.05, 3.63) is 166 Å². The van der Waals surface area contributed by atoms with Crippen LogP contribution in [0.15, 0.2) is 161 Å². The molecule has 2 heterocycles. The van der Waals surface area contributed by atoms with E-state index < -0.39 is 7.05 Å². The Morgan fingerprint density at radius 1 is 0.581 bits per heavy atom. The number of nitrogens with zero attached hydrogens (tertiary/aromatic N) is 4. The van der Waals surface area contributed by atoms with Crippen molar-refractivity contribution in [1.29, 1.82) is 0 Å². The van der Waals surface area contributed by atoms with Crippen LogP contribution in [0.25, 0.3) is 21.7 Å². The first-order chi connectivity index (χ1) is 21.2. The minimum atomic E-state index is -2.73. The molecule has 0 fully saturated rings. The third kappa shape index (κ3) is 4.82. The zero-order valence-corrected chi connectivity index (χ0v) is 25.4. The summed E-state index contributed by atoms with van der Waals surface area (Å²) >= 11 is 7.08. The molecule has 0 aliphatic heterocycles. The van der Waals surface area contributed by atoms with E-state index in [0.717, 1.165) is 21.6 Å². The molecule has 0 saturated heterocycles. The van der Waals surface area contributed by atoms with Crippen molar-refractivity contribution in [3.63, 3.8) is 0 Å². The number of para-hydroxylation sites is 2. The molecule has 208 valence electrons. The summed E-state index contributed by atoms with van der Waals surface area (Å²) in [6.07, 6.45) is 0. The molecule has 7 aromatic rings. The molecule has 5 aromatic carbocycles. The summed E-state index contributed by atoms with van der Waals surface area (Å²) in [6, 6.07) is 50.4. The topological polar surface area (TPSA) is 52.2 Å². The van der Waals surface area contributed by atoms with Gasteiger partial charge in [-0.25, -0.2) is 9.31 Å². The lowest BCUT2D eigenvalue weighted by atomic mass is 10.3. The van der Waals surface area contributed by atoms with Crippen LogP contribution in [0.2, 0.25) is 0 Å². The molecular weight excluding hydrogens is 588 g/mol. The van der Waals surface area contributed by atoms with Crippen molar-refractivity contribution >= 4 is 62.8 Å². The molecule has 2 aromatic heterocycles. The van der Waals surface area contributed by atoms with Crippen LogP contribution in [0.3, 0.4) is 0 Å². The summed E-state index contributed by atoms with van der Waals surface area (Å²) in [5.41, 5.74) is 1.85. The molecule has 0 aliphatic rings. The molecule has 0 atom stereocenters. The van der Waals surface area contributed by atoms with Crippen LogP contribution in [-0.4, -0.2) is 14.1 Å². The van der Waals surface area contributed by atoms with Gasteiger partial charge in [-0.05, 0) is 36.5 Å². The molecule has 0 spiro atoms. The first kappa shape index (κ1) is 27.2. The maximum atomic E-state index is 14.5. The van der Waals surface area contributed by atoms with Gasteiger partial charge in [0, 0.05) is 21.6 Å². The number of rotatable bonds is 6. The van der Waals surface area contributed by atoms with Gasteiger partial charge in [-0.15, -0.1) is 0 Å². The summed E-state index contributed by atoms with van der Waals surface area (Å²) in [5, 5.41) is 3.18. The van der Waals surface area contributed by atoms with E-state index in [2.05, 4.69) is 36.4 Å². The average Bonchev–Trinajstić information content (AvgIpc) is 3.41. The molecule has 8 heteroatoms. The van der Waals surface area contributed by atoms with Gasteiger partial charge in [0.2, 0.25) is 5.95 Å². The van der Waals surface area contributed by atoms with E-state index in [1.54, 1.807) is 4.57 Å². The second kappa shape index (κ2) is 11.5. The fourth-order valence-corrected chi connectivity index (χ4v) is 10.1. The Labute approximate surface area is 258 Å².